The summed E-state index contributed by atoms with van der Waals surface area (Å²) in [4.78, 5) is 12.0. The van der Waals surface area contributed by atoms with E-state index in [2.05, 4.69) is 0 Å². The number of nitrogens with zero attached hydrogens (tertiary/aromatic N) is 2. The Balaban J connectivity index is 2.31. The van der Waals surface area contributed by atoms with Gasteiger partial charge in [0.15, 0.2) is 0 Å². The summed E-state index contributed by atoms with van der Waals surface area (Å²) in [7, 11) is 2.28. The minimum Gasteiger partial charge on any atom is -0.365 e. The predicted molar refractivity (Wildman–Crippen MR) is 89.5 cm³/mol. The molecule has 6 nitrogen and oxygen atoms in total. The summed E-state index contributed by atoms with van der Waals surface area (Å²) in [6, 6.07) is 8.58. The number of hydrogen-bond donors (Lipinski definition) is 2. The first kappa shape index (κ1) is 17.4. The zero-order valence-corrected chi connectivity index (χ0v) is 14.3. The number of halogens is 1. The summed E-state index contributed by atoms with van der Waals surface area (Å²) in [5.41, 5.74) is 6.22. The summed E-state index contributed by atoms with van der Waals surface area (Å²) < 4.78 is 15.1. The number of rotatable bonds is 5. The maximum atomic E-state index is 12.0. The molecule has 8 heteroatoms. The summed E-state index contributed by atoms with van der Waals surface area (Å²) in [5.74, 6) is -0.692. The number of carbonyl (C=O) groups excluding carboxylic acids is 1. The Morgan fingerprint density at radius 2 is 1.96 bits per heavy atom. The van der Waals surface area contributed by atoms with E-state index in [1.807, 2.05) is 12.1 Å². The molecule has 0 radical (unpaired) electrons. The van der Waals surface area contributed by atoms with E-state index in [9.17, 15) is 9.00 Å². The van der Waals surface area contributed by atoms with E-state index >= 15 is 0 Å². The molecule has 0 aliphatic heterocycles. The number of nitrogens with two attached hydrogens (primary N) is 1. The van der Waals surface area contributed by atoms with Crippen molar-refractivity contribution in [3.63, 3.8) is 0 Å². The topological polar surface area (TPSA) is 92.2 Å². The molecule has 0 bridgehead atoms. The van der Waals surface area contributed by atoms with Crippen LogP contribution in [-0.4, -0.2) is 33.1 Å². The molecular weight excluding hydrogens is 336 g/mol. The highest BCUT2D eigenvalue weighted by Gasteiger charge is 2.10. The van der Waals surface area contributed by atoms with Crippen LogP contribution in [0.25, 0.3) is 0 Å². The Morgan fingerprint density at radius 1 is 1.35 bits per heavy atom. The number of benzene rings is 1. The van der Waals surface area contributed by atoms with Gasteiger partial charge in [-0.05, 0) is 37.9 Å². The number of carbonyl (C=O) groups is 1. The van der Waals surface area contributed by atoms with Crippen LogP contribution in [0.3, 0.4) is 0 Å². The van der Waals surface area contributed by atoms with Gasteiger partial charge in [-0.2, -0.15) is 0 Å². The quantitative estimate of drug-likeness (QED) is 0.850. The van der Waals surface area contributed by atoms with Gasteiger partial charge < -0.3 is 10.3 Å². The van der Waals surface area contributed by atoms with Crippen molar-refractivity contribution in [3.8, 4) is 0 Å². The van der Waals surface area contributed by atoms with Crippen molar-refractivity contribution >= 4 is 28.5 Å². The van der Waals surface area contributed by atoms with Gasteiger partial charge in [-0.25, -0.2) is 8.51 Å². The monoisotopic (exact) mass is 352 g/mol. The standard InChI is InChI=1S/C15H17ClN4O2S/c1-19(2)23(22)12-5-3-10(4-6-12)8-20-9-11(16)7-13(14(20)17)15(18)21/h3-7,9,17H,8H2,1-2H3,(H2,18,21). The van der Waals surface area contributed by atoms with Crippen molar-refractivity contribution in [2.24, 2.45) is 5.73 Å². The van der Waals surface area contributed by atoms with Gasteiger partial charge in [0.05, 0.1) is 15.5 Å². The maximum Gasteiger partial charge on any atom is 0.252 e. The van der Waals surface area contributed by atoms with E-state index in [1.54, 1.807) is 41.3 Å². The van der Waals surface area contributed by atoms with Crippen molar-refractivity contribution in [3.05, 3.63) is 58.2 Å². The molecule has 0 aliphatic carbocycles. The smallest absolute Gasteiger partial charge is 0.252 e. The van der Waals surface area contributed by atoms with Crippen LogP contribution in [0.4, 0.5) is 0 Å². The number of nitrogens with one attached hydrogen (secondary N) is 1. The van der Waals surface area contributed by atoms with E-state index in [0.717, 1.165) is 5.56 Å². The Bertz CT molecular complexity index is 815. The lowest BCUT2D eigenvalue weighted by atomic mass is 10.2. The summed E-state index contributed by atoms with van der Waals surface area (Å²) in [5, 5.41) is 8.37. The van der Waals surface area contributed by atoms with Crippen molar-refractivity contribution < 1.29 is 9.00 Å². The molecule has 0 spiro atoms. The molecule has 0 aliphatic rings. The van der Waals surface area contributed by atoms with Gasteiger partial charge in [0.25, 0.3) is 5.91 Å². The molecule has 1 heterocycles. The van der Waals surface area contributed by atoms with Crippen LogP contribution in [0.1, 0.15) is 15.9 Å². The highest BCUT2D eigenvalue weighted by Crippen LogP contribution is 2.13. The van der Waals surface area contributed by atoms with Crippen molar-refractivity contribution in [2.75, 3.05) is 14.1 Å². The molecule has 2 rings (SSSR count). The van der Waals surface area contributed by atoms with E-state index in [1.165, 1.54) is 6.07 Å². The Labute approximate surface area is 141 Å². The first-order valence-corrected chi connectivity index (χ1v) is 8.20. The average Bonchev–Trinajstić information content (AvgIpc) is 2.50. The lowest BCUT2D eigenvalue weighted by Gasteiger charge is -2.12. The molecule has 0 fully saturated rings. The Hall–Kier alpha value is -1.96. The molecule has 122 valence electrons. The van der Waals surface area contributed by atoms with Crippen LogP contribution in [0.5, 0.6) is 0 Å². The molecule has 1 aromatic heterocycles. The first-order chi connectivity index (χ1) is 10.8. The van der Waals surface area contributed by atoms with Crippen molar-refractivity contribution in [2.45, 2.75) is 11.4 Å². The first-order valence-electron chi connectivity index (χ1n) is 6.72. The van der Waals surface area contributed by atoms with Gasteiger partial charge in [0.1, 0.15) is 16.5 Å². The molecule has 1 aromatic carbocycles. The molecule has 1 atom stereocenters. The van der Waals surface area contributed by atoms with Crippen LogP contribution < -0.4 is 11.2 Å². The van der Waals surface area contributed by atoms with Gasteiger partial charge in [0.2, 0.25) is 0 Å². The van der Waals surface area contributed by atoms with Crippen LogP contribution >= 0.6 is 11.6 Å². The van der Waals surface area contributed by atoms with E-state index < -0.39 is 16.9 Å². The lowest BCUT2D eigenvalue weighted by Crippen LogP contribution is -2.29. The highest BCUT2D eigenvalue weighted by atomic mass is 35.5. The molecule has 0 saturated heterocycles. The number of aromatic nitrogens is 1. The second kappa shape index (κ2) is 7.08. The number of pyridine rings is 1. The van der Waals surface area contributed by atoms with Crippen LogP contribution in [-0.2, 0) is 17.5 Å². The molecule has 1 amide bonds. The SMILES string of the molecule is CN(C)S(=O)c1ccc(Cn2cc(Cl)cc(C(N)=O)c2=N)cc1. The van der Waals surface area contributed by atoms with Crippen molar-refractivity contribution in [1.29, 1.82) is 5.41 Å². The van der Waals surface area contributed by atoms with E-state index in [4.69, 9.17) is 22.7 Å². The Morgan fingerprint density at radius 3 is 2.48 bits per heavy atom. The Kier molecular flexibility index (Phi) is 5.35. The van der Waals surface area contributed by atoms with Gasteiger partial charge in [-0.3, -0.25) is 10.2 Å². The fourth-order valence-electron chi connectivity index (χ4n) is 2.04. The van der Waals surface area contributed by atoms with Crippen LogP contribution in [0.15, 0.2) is 41.4 Å². The van der Waals surface area contributed by atoms with Gasteiger partial charge in [0, 0.05) is 12.7 Å². The molecule has 1 unspecified atom stereocenters. The lowest BCUT2D eigenvalue weighted by molar-refractivity contribution is 0.0998. The third kappa shape index (κ3) is 4.07. The summed E-state index contributed by atoms with van der Waals surface area (Å²) in [6.45, 7) is 0.356. The normalized spacial score (nSPS) is 12.3. The number of hydrogen-bond acceptors (Lipinski definition) is 3. The second-order valence-electron chi connectivity index (χ2n) is 5.12. The maximum absolute atomic E-state index is 12.0. The second-order valence-corrected chi connectivity index (χ2v) is 7.25. The van der Waals surface area contributed by atoms with Gasteiger partial charge in [-0.15, -0.1) is 0 Å². The van der Waals surface area contributed by atoms with Crippen LogP contribution in [0, 0.1) is 5.41 Å². The van der Waals surface area contributed by atoms with E-state index in [-0.39, 0.29) is 11.1 Å². The minimum absolute atomic E-state index is 0.00263. The minimum atomic E-state index is -1.20. The fourth-order valence-corrected chi connectivity index (χ4v) is 3.06. The predicted octanol–water partition coefficient (Wildman–Crippen LogP) is 1.35. The zero-order chi connectivity index (χ0) is 17.1. The summed E-state index contributed by atoms with van der Waals surface area (Å²) in [6.07, 6.45) is 1.57. The molecule has 0 saturated carbocycles. The number of amides is 1. The third-order valence-corrected chi connectivity index (χ3v) is 4.72. The average molecular weight is 353 g/mol. The van der Waals surface area contributed by atoms with E-state index in [0.29, 0.717) is 16.5 Å². The fraction of sp³-hybridized carbons (Fsp3) is 0.200. The molecule has 3 N–H and O–H groups in total. The third-order valence-electron chi connectivity index (χ3n) is 3.18. The molecule has 2 aromatic rings. The van der Waals surface area contributed by atoms with Crippen LogP contribution in [0.2, 0.25) is 5.02 Å². The van der Waals surface area contributed by atoms with Gasteiger partial charge >= 0.3 is 0 Å². The molecular formula is C15H17ClN4O2S. The van der Waals surface area contributed by atoms with Gasteiger partial charge in [-0.1, -0.05) is 23.7 Å². The largest absolute Gasteiger partial charge is 0.365 e. The molecule has 23 heavy (non-hydrogen) atoms. The zero-order valence-electron chi connectivity index (χ0n) is 12.7. The van der Waals surface area contributed by atoms with Crippen molar-refractivity contribution in [1.82, 2.24) is 8.87 Å². The number of primary amides is 1. The highest BCUT2D eigenvalue weighted by molar-refractivity contribution is 7.82. The summed E-state index contributed by atoms with van der Waals surface area (Å²) >= 11 is 5.98.